The van der Waals surface area contributed by atoms with E-state index < -0.39 is 0 Å². The molecule has 0 radical (unpaired) electrons. The van der Waals surface area contributed by atoms with Crippen molar-refractivity contribution in [3.8, 4) is 11.5 Å². The molecule has 0 saturated carbocycles. The third-order valence-corrected chi connectivity index (χ3v) is 3.63. The van der Waals surface area contributed by atoms with Crippen LogP contribution in [0.3, 0.4) is 0 Å². The zero-order valence-corrected chi connectivity index (χ0v) is 12.8. The summed E-state index contributed by atoms with van der Waals surface area (Å²) in [5, 5.41) is 0. The van der Waals surface area contributed by atoms with Crippen molar-refractivity contribution in [3.63, 3.8) is 0 Å². The molecule has 0 aliphatic rings. The molecule has 0 unspecified atom stereocenters. The van der Waals surface area contributed by atoms with Crippen molar-refractivity contribution >= 4 is 5.97 Å². The summed E-state index contributed by atoms with van der Waals surface area (Å²) in [7, 11) is 1.66. The minimum Gasteiger partial charge on any atom is -0.497 e. The van der Waals surface area contributed by atoms with E-state index in [4.69, 9.17) is 9.47 Å². The molecule has 2 rings (SSSR count). The Labute approximate surface area is 125 Å². The number of rotatable bonds is 4. The molecule has 21 heavy (non-hydrogen) atoms. The average Bonchev–Trinajstić information content (AvgIpc) is 2.47. The fourth-order valence-electron chi connectivity index (χ4n) is 2.29. The van der Waals surface area contributed by atoms with E-state index in [1.54, 1.807) is 13.2 Å². The molecule has 0 N–H and O–H groups in total. The largest absolute Gasteiger partial charge is 0.497 e. The lowest BCUT2D eigenvalue weighted by atomic mass is 9.78. The number of benzene rings is 2. The number of esters is 1. The van der Waals surface area contributed by atoms with Gasteiger partial charge in [0.2, 0.25) is 0 Å². The van der Waals surface area contributed by atoms with Gasteiger partial charge < -0.3 is 9.47 Å². The summed E-state index contributed by atoms with van der Waals surface area (Å²) in [5.74, 6) is 1.10. The molecule has 0 amide bonds. The van der Waals surface area contributed by atoms with Crippen LogP contribution in [0.2, 0.25) is 0 Å². The molecular formula is C18H20O3. The monoisotopic (exact) mass is 284 g/mol. The van der Waals surface area contributed by atoms with Gasteiger partial charge >= 0.3 is 5.97 Å². The summed E-state index contributed by atoms with van der Waals surface area (Å²) in [6.07, 6.45) is 0. The number of hydrogen-bond donors (Lipinski definition) is 0. The van der Waals surface area contributed by atoms with Crippen LogP contribution in [0.25, 0.3) is 0 Å². The minimum absolute atomic E-state index is 0.192. The first-order valence-electron chi connectivity index (χ1n) is 6.87. The van der Waals surface area contributed by atoms with E-state index in [2.05, 4.69) is 26.0 Å². The van der Waals surface area contributed by atoms with E-state index in [0.717, 1.165) is 11.3 Å². The van der Waals surface area contributed by atoms with Gasteiger partial charge in [0.25, 0.3) is 0 Å². The fourth-order valence-corrected chi connectivity index (χ4v) is 2.29. The van der Waals surface area contributed by atoms with Gasteiger partial charge in [-0.25, -0.2) is 0 Å². The molecule has 0 heterocycles. The fraction of sp³-hybridized carbons (Fsp3) is 0.278. The minimum atomic E-state index is -0.311. The molecule has 2 aromatic carbocycles. The molecule has 3 nitrogen and oxygen atoms in total. The maximum atomic E-state index is 11.1. The van der Waals surface area contributed by atoms with Crippen LogP contribution < -0.4 is 9.47 Å². The normalized spacial score (nSPS) is 11.0. The second-order valence-corrected chi connectivity index (χ2v) is 5.47. The van der Waals surface area contributed by atoms with E-state index in [9.17, 15) is 4.79 Å². The number of ether oxygens (including phenoxy) is 2. The van der Waals surface area contributed by atoms with Gasteiger partial charge in [-0.15, -0.1) is 0 Å². The average molecular weight is 284 g/mol. The lowest BCUT2D eigenvalue weighted by Crippen LogP contribution is -2.19. The molecule has 0 aromatic heterocycles. The molecule has 0 aliphatic heterocycles. The summed E-state index contributed by atoms with van der Waals surface area (Å²) in [4.78, 5) is 11.1. The van der Waals surface area contributed by atoms with Crippen molar-refractivity contribution in [2.45, 2.75) is 26.2 Å². The molecule has 0 bridgehead atoms. The topological polar surface area (TPSA) is 35.5 Å². The predicted molar refractivity (Wildman–Crippen MR) is 82.9 cm³/mol. The molecule has 0 aliphatic carbocycles. The SMILES string of the molecule is COc1ccc(C(C)(C)c2cccc(OC(C)=O)c2)cc1. The first-order valence-corrected chi connectivity index (χ1v) is 6.87. The molecule has 0 saturated heterocycles. The highest BCUT2D eigenvalue weighted by molar-refractivity contribution is 5.69. The maximum absolute atomic E-state index is 11.1. The van der Waals surface area contributed by atoms with Gasteiger partial charge in [0, 0.05) is 12.3 Å². The van der Waals surface area contributed by atoms with Gasteiger partial charge in [0.05, 0.1) is 7.11 Å². The van der Waals surface area contributed by atoms with Crippen LogP contribution in [-0.4, -0.2) is 13.1 Å². The van der Waals surface area contributed by atoms with Crippen LogP contribution in [0.4, 0.5) is 0 Å². The molecule has 0 atom stereocenters. The number of carbonyl (C=O) groups excluding carboxylic acids is 1. The first kappa shape index (κ1) is 15.1. The Kier molecular flexibility index (Phi) is 4.32. The van der Waals surface area contributed by atoms with Crippen molar-refractivity contribution in [2.75, 3.05) is 7.11 Å². The quantitative estimate of drug-likeness (QED) is 0.630. The maximum Gasteiger partial charge on any atom is 0.308 e. The second-order valence-electron chi connectivity index (χ2n) is 5.47. The van der Waals surface area contributed by atoms with Crippen molar-refractivity contribution < 1.29 is 14.3 Å². The summed E-state index contributed by atoms with van der Waals surface area (Å²) < 4.78 is 10.4. The Hall–Kier alpha value is -2.29. The van der Waals surface area contributed by atoms with E-state index in [1.165, 1.54) is 12.5 Å². The van der Waals surface area contributed by atoms with Gasteiger partial charge in [0.15, 0.2) is 0 Å². The Morgan fingerprint density at radius 2 is 1.62 bits per heavy atom. The number of carbonyl (C=O) groups is 1. The molecule has 0 spiro atoms. The molecule has 110 valence electrons. The summed E-state index contributed by atoms with van der Waals surface area (Å²) in [6, 6.07) is 15.6. The Balaban J connectivity index is 2.35. The third kappa shape index (κ3) is 3.43. The second kappa shape index (κ2) is 6.00. The molecule has 0 fully saturated rings. The third-order valence-electron chi connectivity index (χ3n) is 3.63. The zero-order valence-electron chi connectivity index (χ0n) is 12.8. The number of hydrogen-bond acceptors (Lipinski definition) is 3. The van der Waals surface area contributed by atoms with Crippen LogP contribution in [0.15, 0.2) is 48.5 Å². The summed E-state index contributed by atoms with van der Waals surface area (Å²) >= 11 is 0. The smallest absolute Gasteiger partial charge is 0.308 e. The van der Waals surface area contributed by atoms with Crippen molar-refractivity contribution in [3.05, 3.63) is 59.7 Å². The predicted octanol–water partition coefficient (Wildman–Crippen LogP) is 3.95. The highest BCUT2D eigenvalue weighted by Crippen LogP contribution is 2.34. The Bertz CT molecular complexity index is 627. The van der Waals surface area contributed by atoms with Crippen LogP contribution in [-0.2, 0) is 10.2 Å². The highest BCUT2D eigenvalue weighted by Gasteiger charge is 2.23. The lowest BCUT2D eigenvalue weighted by molar-refractivity contribution is -0.131. The first-order chi connectivity index (χ1) is 9.93. The van der Waals surface area contributed by atoms with E-state index in [0.29, 0.717) is 5.75 Å². The van der Waals surface area contributed by atoms with Gasteiger partial charge in [0.1, 0.15) is 11.5 Å². The molecule has 3 heteroatoms. The molecule has 2 aromatic rings. The number of methoxy groups -OCH3 is 1. The van der Waals surface area contributed by atoms with Crippen molar-refractivity contribution in [2.24, 2.45) is 0 Å². The van der Waals surface area contributed by atoms with Gasteiger partial charge in [-0.05, 0) is 35.4 Å². The van der Waals surface area contributed by atoms with E-state index >= 15 is 0 Å². The lowest BCUT2D eigenvalue weighted by Gasteiger charge is -2.26. The van der Waals surface area contributed by atoms with Crippen molar-refractivity contribution in [1.29, 1.82) is 0 Å². The van der Waals surface area contributed by atoms with Crippen LogP contribution in [0.5, 0.6) is 11.5 Å². The van der Waals surface area contributed by atoms with Crippen LogP contribution in [0, 0.1) is 0 Å². The highest BCUT2D eigenvalue weighted by atomic mass is 16.5. The molecular weight excluding hydrogens is 264 g/mol. The van der Waals surface area contributed by atoms with E-state index in [-0.39, 0.29) is 11.4 Å². The van der Waals surface area contributed by atoms with Gasteiger partial charge in [-0.2, -0.15) is 0 Å². The van der Waals surface area contributed by atoms with E-state index in [1.807, 2.05) is 30.3 Å². The standard InChI is InChI=1S/C18H20O3/c1-13(19)21-17-7-5-6-15(12-17)18(2,3)14-8-10-16(20-4)11-9-14/h5-12H,1-4H3. The summed E-state index contributed by atoms with van der Waals surface area (Å²) in [5.41, 5.74) is 2.07. The van der Waals surface area contributed by atoms with Gasteiger partial charge in [-0.1, -0.05) is 38.1 Å². The summed E-state index contributed by atoms with van der Waals surface area (Å²) in [6.45, 7) is 5.69. The van der Waals surface area contributed by atoms with Crippen molar-refractivity contribution in [1.82, 2.24) is 0 Å². The zero-order chi connectivity index (χ0) is 15.5. The van der Waals surface area contributed by atoms with Crippen LogP contribution in [0.1, 0.15) is 31.9 Å². The Morgan fingerprint density at radius 3 is 2.19 bits per heavy atom. The Morgan fingerprint density at radius 1 is 0.952 bits per heavy atom. The van der Waals surface area contributed by atoms with Gasteiger partial charge in [-0.3, -0.25) is 4.79 Å². The van der Waals surface area contributed by atoms with Crippen LogP contribution >= 0.6 is 0 Å².